The Labute approximate surface area is 164 Å². The van der Waals surface area contributed by atoms with Crippen molar-refractivity contribution in [1.29, 1.82) is 0 Å². The van der Waals surface area contributed by atoms with Gasteiger partial charge in [-0.3, -0.25) is 9.59 Å². The van der Waals surface area contributed by atoms with Crippen LogP contribution in [0.1, 0.15) is 19.8 Å². The quantitative estimate of drug-likeness (QED) is 0.744. The number of carbonyl (C=O) groups is 2. The van der Waals surface area contributed by atoms with Crippen LogP contribution < -0.4 is 20.5 Å². The Kier molecular flexibility index (Phi) is 7.70. The molecule has 0 saturated carbocycles. The second kappa shape index (κ2) is 9.77. The molecule has 0 radical (unpaired) electrons. The molecule has 8 nitrogen and oxygen atoms in total. The van der Waals surface area contributed by atoms with Crippen LogP contribution in [0.2, 0.25) is 0 Å². The fraction of sp³-hybridized carbons (Fsp3) is 0.556. The maximum absolute atomic E-state index is 12.6. The van der Waals surface area contributed by atoms with E-state index in [-0.39, 0.29) is 36.9 Å². The Morgan fingerprint density at radius 3 is 2.63 bits per heavy atom. The molecular formula is C18H26ClN3O5. The van der Waals surface area contributed by atoms with E-state index >= 15 is 0 Å². The minimum atomic E-state index is -0.509. The second-order valence-corrected chi connectivity index (χ2v) is 6.32. The first-order chi connectivity index (χ1) is 12.6. The van der Waals surface area contributed by atoms with Crippen LogP contribution in [0.4, 0.5) is 5.69 Å². The van der Waals surface area contributed by atoms with Gasteiger partial charge in [0.25, 0.3) is 5.91 Å². The van der Waals surface area contributed by atoms with Crippen molar-refractivity contribution in [2.24, 2.45) is 5.73 Å². The third-order valence-electron chi connectivity index (χ3n) is 4.50. The molecular weight excluding hydrogens is 374 g/mol. The highest BCUT2D eigenvalue weighted by Gasteiger charge is 2.33. The predicted molar refractivity (Wildman–Crippen MR) is 103 cm³/mol. The maximum atomic E-state index is 12.6. The van der Waals surface area contributed by atoms with E-state index in [1.807, 2.05) is 6.92 Å². The van der Waals surface area contributed by atoms with Crippen molar-refractivity contribution in [2.45, 2.75) is 32.0 Å². The van der Waals surface area contributed by atoms with E-state index in [0.717, 1.165) is 6.42 Å². The van der Waals surface area contributed by atoms with E-state index < -0.39 is 6.10 Å². The van der Waals surface area contributed by atoms with Crippen LogP contribution in [0.25, 0.3) is 0 Å². The van der Waals surface area contributed by atoms with E-state index in [4.69, 9.17) is 19.9 Å². The number of hydrogen-bond donors (Lipinski definition) is 2. The zero-order chi connectivity index (χ0) is 18.5. The molecule has 2 amide bonds. The zero-order valence-electron chi connectivity index (χ0n) is 15.3. The topological polar surface area (TPSA) is 103 Å². The molecule has 1 aromatic carbocycles. The summed E-state index contributed by atoms with van der Waals surface area (Å²) >= 11 is 0. The normalized spacial score (nSPS) is 20.5. The van der Waals surface area contributed by atoms with E-state index in [2.05, 4.69) is 5.32 Å². The first kappa shape index (κ1) is 21.3. The first-order valence-corrected chi connectivity index (χ1v) is 8.94. The molecule has 0 bridgehead atoms. The molecule has 0 spiro atoms. The van der Waals surface area contributed by atoms with Gasteiger partial charge in [-0.05, 0) is 31.9 Å². The molecule has 0 aromatic heterocycles. The number of benzene rings is 1. The summed E-state index contributed by atoms with van der Waals surface area (Å²) in [5.74, 6) is 0.822. The van der Waals surface area contributed by atoms with Crippen LogP contribution in [-0.2, 0) is 14.3 Å². The molecule has 3 rings (SSSR count). The summed E-state index contributed by atoms with van der Waals surface area (Å²) < 4.78 is 16.6. The molecule has 1 saturated heterocycles. The number of fused-ring (bicyclic) bond motifs is 1. The summed E-state index contributed by atoms with van der Waals surface area (Å²) in [6.07, 6.45) is 0.828. The Morgan fingerprint density at radius 1 is 1.22 bits per heavy atom. The lowest BCUT2D eigenvalue weighted by molar-refractivity contribution is -0.144. The lowest BCUT2D eigenvalue weighted by Crippen LogP contribution is -2.43. The number of ether oxygens (including phenoxy) is 3. The molecule has 3 N–H and O–H groups in total. The summed E-state index contributed by atoms with van der Waals surface area (Å²) in [5, 5.41) is 2.79. The highest BCUT2D eigenvalue weighted by Crippen LogP contribution is 2.32. The number of nitrogens with zero attached hydrogens (tertiary/aromatic N) is 1. The van der Waals surface area contributed by atoms with Crippen molar-refractivity contribution < 1.29 is 23.8 Å². The molecule has 0 aliphatic carbocycles. The van der Waals surface area contributed by atoms with Crippen LogP contribution in [0, 0.1) is 0 Å². The zero-order valence-corrected chi connectivity index (χ0v) is 16.1. The van der Waals surface area contributed by atoms with E-state index in [9.17, 15) is 9.59 Å². The Morgan fingerprint density at radius 2 is 1.96 bits per heavy atom. The van der Waals surface area contributed by atoms with Gasteiger partial charge >= 0.3 is 0 Å². The SMILES string of the molecule is CCN(CC(=O)Nc1ccc2c(c1)OCCO2)C(=O)[C@@H]1CC[C@H](CN)O1.Cl. The van der Waals surface area contributed by atoms with E-state index in [1.54, 1.807) is 18.2 Å². The van der Waals surface area contributed by atoms with E-state index in [0.29, 0.717) is 49.9 Å². The van der Waals surface area contributed by atoms with Crippen LogP contribution >= 0.6 is 12.4 Å². The summed E-state index contributed by atoms with van der Waals surface area (Å²) in [5.41, 5.74) is 6.19. The van der Waals surface area contributed by atoms with Gasteiger partial charge in [0.1, 0.15) is 19.3 Å². The Bertz CT molecular complexity index is 672. The molecule has 150 valence electrons. The van der Waals surface area contributed by atoms with Crippen LogP contribution in [0.3, 0.4) is 0 Å². The van der Waals surface area contributed by atoms with Crippen LogP contribution in [0.15, 0.2) is 18.2 Å². The van der Waals surface area contributed by atoms with E-state index in [1.165, 1.54) is 4.90 Å². The fourth-order valence-corrected chi connectivity index (χ4v) is 3.10. The van der Waals surface area contributed by atoms with Crippen molar-refractivity contribution in [1.82, 2.24) is 4.90 Å². The van der Waals surface area contributed by atoms with Crippen molar-refractivity contribution in [3.05, 3.63) is 18.2 Å². The lowest BCUT2D eigenvalue weighted by Gasteiger charge is -2.24. The molecule has 2 aliphatic heterocycles. The Balaban J connectivity index is 0.00000261. The van der Waals surface area contributed by atoms with Gasteiger partial charge in [-0.1, -0.05) is 0 Å². The number of anilines is 1. The van der Waals surface area contributed by atoms with Gasteiger partial charge in [-0.15, -0.1) is 12.4 Å². The minimum Gasteiger partial charge on any atom is -0.486 e. The van der Waals surface area contributed by atoms with Gasteiger partial charge in [-0.2, -0.15) is 0 Å². The standard InChI is InChI=1S/C18H25N3O5.ClH/c1-2-21(18(23)15-6-4-13(10-19)26-15)11-17(22)20-12-3-5-14-16(9-12)25-8-7-24-14;/h3,5,9,13,15H,2,4,6-8,10-11,19H2,1H3,(H,20,22);1H/t13-,15+;/m1./s1. The molecule has 1 aromatic rings. The number of halogens is 1. The van der Waals surface area contributed by atoms with Gasteiger partial charge in [-0.25, -0.2) is 0 Å². The highest BCUT2D eigenvalue weighted by atomic mass is 35.5. The number of rotatable bonds is 6. The smallest absolute Gasteiger partial charge is 0.252 e. The summed E-state index contributed by atoms with van der Waals surface area (Å²) in [6, 6.07) is 5.22. The minimum absolute atomic E-state index is 0. The third kappa shape index (κ3) is 5.24. The average molecular weight is 400 g/mol. The number of likely N-dealkylation sites (N-methyl/N-ethyl adjacent to an activating group) is 1. The summed E-state index contributed by atoms with van der Waals surface area (Å²) in [6.45, 7) is 3.64. The van der Waals surface area contributed by atoms with Crippen molar-refractivity contribution >= 4 is 29.9 Å². The summed E-state index contributed by atoms with van der Waals surface area (Å²) in [4.78, 5) is 26.4. The fourth-order valence-electron chi connectivity index (χ4n) is 3.10. The summed E-state index contributed by atoms with van der Waals surface area (Å²) in [7, 11) is 0. The molecule has 2 heterocycles. The molecule has 0 unspecified atom stereocenters. The largest absolute Gasteiger partial charge is 0.486 e. The van der Waals surface area contributed by atoms with Gasteiger partial charge in [0.15, 0.2) is 11.5 Å². The average Bonchev–Trinajstić information content (AvgIpc) is 3.14. The number of nitrogens with two attached hydrogens (primary N) is 1. The first-order valence-electron chi connectivity index (χ1n) is 8.94. The number of nitrogens with one attached hydrogen (secondary N) is 1. The van der Waals surface area contributed by atoms with Crippen molar-refractivity contribution in [3.63, 3.8) is 0 Å². The van der Waals surface area contributed by atoms with Gasteiger partial charge < -0.3 is 30.2 Å². The van der Waals surface area contributed by atoms with Crippen LogP contribution in [-0.4, -0.2) is 61.8 Å². The van der Waals surface area contributed by atoms with Gasteiger partial charge in [0.05, 0.1) is 12.6 Å². The predicted octanol–water partition coefficient (Wildman–Crippen LogP) is 1.17. The lowest BCUT2D eigenvalue weighted by atomic mass is 10.2. The second-order valence-electron chi connectivity index (χ2n) is 6.32. The van der Waals surface area contributed by atoms with Gasteiger partial charge in [0.2, 0.25) is 5.91 Å². The maximum Gasteiger partial charge on any atom is 0.252 e. The van der Waals surface area contributed by atoms with Crippen molar-refractivity contribution in [3.8, 4) is 11.5 Å². The van der Waals surface area contributed by atoms with Gasteiger partial charge in [0, 0.05) is 24.8 Å². The molecule has 27 heavy (non-hydrogen) atoms. The molecule has 2 aliphatic rings. The molecule has 1 fully saturated rings. The van der Waals surface area contributed by atoms with Crippen molar-refractivity contribution in [2.75, 3.05) is 38.2 Å². The molecule has 2 atom stereocenters. The highest BCUT2D eigenvalue weighted by molar-refractivity contribution is 5.95. The Hall–Kier alpha value is -2.03. The number of amides is 2. The third-order valence-corrected chi connectivity index (χ3v) is 4.50. The molecule has 9 heteroatoms. The monoisotopic (exact) mass is 399 g/mol. The number of hydrogen-bond acceptors (Lipinski definition) is 6. The number of carbonyl (C=O) groups excluding carboxylic acids is 2. The van der Waals surface area contributed by atoms with Crippen LogP contribution in [0.5, 0.6) is 11.5 Å².